The average Bonchev–Trinajstić information content (AvgIpc) is 2.99. The van der Waals surface area contributed by atoms with E-state index < -0.39 is 11.9 Å². The molecule has 0 N–H and O–H groups in total. The van der Waals surface area contributed by atoms with E-state index in [-0.39, 0.29) is 18.2 Å². The van der Waals surface area contributed by atoms with E-state index in [4.69, 9.17) is 44.3 Å². The van der Waals surface area contributed by atoms with Crippen LogP contribution in [-0.2, 0) is 20.9 Å². The van der Waals surface area contributed by atoms with Crippen molar-refractivity contribution in [3.63, 3.8) is 0 Å². The van der Waals surface area contributed by atoms with Crippen LogP contribution < -0.4 is 9.54 Å². The van der Waals surface area contributed by atoms with Gasteiger partial charge in [-0.25, -0.2) is 0 Å². The maximum Gasteiger partial charge on any atom is 0.325 e. The number of methoxy groups -OCH3 is 1. The lowest BCUT2D eigenvalue weighted by molar-refractivity contribution is -0.141. The predicted molar refractivity (Wildman–Crippen MR) is 109 cm³/mol. The lowest BCUT2D eigenvalue weighted by Crippen LogP contribution is -2.23. The molecule has 146 valence electrons. The summed E-state index contributed by atoms with van der Waals surface area (Å²) in [5, 5.41) is 1.19. The van der Waals surface area contributed by atoms with Crippen LogP contribution in [0.15, 0.2) is 41.4 Å². The van der Waals surface area contributed by atoms with Crippen molar-refractivity contribution in [2.45, 2.75) is 6.54 Å². The smallest absolute Gasteiger partial charge is 0.325 e. The highest BCUT2D eigenvalue weighted by Gasteiger charge is 2.14. The van der Waals surface area contributed by atoms with Gasteiger partial charge in [-0.3, -0.25) is 9.59 Å². The normalized spacial score (nSPS) is 11.6. The third-order valence-electron chi connectivity index (χ3n) is 3.63. The first-order valence-electron chi connectivity index (χ1n) is 7.89. The number of para-hydroxylation sites is 1. The van der Waals surface area contributed by atoms with Gasteiger partial charge in [0.05, 0.1) is 27.4 Å². The van der Waals surface area contributed by atoms with E-state index in [2.05, 4.69) is 4.99 Å². The van der Waals surface area contributed by atoms with Crippen molar-refractivity contribution in [2.75, 3.05) is 13.7 Å². The quantitative estimate of drug-likeness (QED) is 0.532. The molecule has 6 nitrogen and oxygen atoms in total. The number of hydrogen-bond acceptors (Lipinski definition) is 5. The molecular weight excluding hydrogens is 447 g/mol. The van der Waals surface area contributed by atoms with Crippen LogP contribution in [0, 0.1) is 0 Å². The second kappa shape index (κ2) is 8.96. The summed E-state index contributed by atoms with van der Waals surface area (Å²) in [6, 6.07) is 9.98. The number of halogens is 3. The minimum atomic E-state index is -0.549. The van der Waals surface area contributed by atoms with Crippen LogP contribution in [0.5, 0.6) is 5.75 Å². The topological polar surface area (TPSA) is 69.9 Å². The third-order valence-corrected chi connectivity index (χ3v) is 5.51. The van der Waals surface area contributed by atoms with Gasteiger partial charge in [0.25, 0.3) is 5.91 Å². The summed E-state index contributed by atoms with van der Waals surface area (Å²) in [7, 11) is 1.28. The van der Waals surface area contributed by atoms with Crippen molar-refractivity contribution in [3.05, 3.63) is 56.3 Å². The number of carbonyl (C=O) groups is 2. The molecule has 28 heavy (non-hydrogen) atoms. The summed E-state index contributed by atoms with van der Waals surface area (Å²) in [6.07, 6.45) is 0. The monoisotopic (exact) mass is 458 g/mol. The second-order valence-electron chi connectivity index (χ2n) is 5.50. The lowest BCUT2D eigenvalue weighted by atomic mass is 10.3. The zero-order valence-corrected chi connectivity index (χ0v) is 17.5. The summed E-state index contributed by atoms with van der Waals surface area (Å²) in [6.45, 7) is -0.461. The summed E-state index contributed by atoms with van der Waals surface area (Å²) in [5.41, 5.74) is 0.604. The molecule has 0 unspecified atom stereocenters. The van der Waals surface area contributed by atoms with E-state index >= 15 is 0 Å². The predicted octanol–water partition coefficient (Wildman–Crippen LogP) is 4.34. The Labute approximate surface area is 178 Å². The maximum atomic E-state index is 12.3. The fraction of sp³-hybridized carbons (Fsp3) is 0.167. The Morgan fingerprint density at radius 1 is 1.14 bits per heavy atom. The highest BCUT2D eigenvalue weighted by molar-refractivity contribution is 7.16. The van der Waals surface area contributed by atoms with Crippen LogP contribution in [0.3, 0.4) is 0 Å². The molecule has 0 aliphatic heterocycles. The average molecular weight is 460 g/mol. The van der Waals surface area contributed by atoms with E-state index in [9.17, 15) is 9.59 Å². The molecule has 1 heterocycles. The molecule has 0 saturated carbocycles. The number of esters is 1. The van der Waals surface area contributed by atoms with Crippen LogP contribution in [0.25, 0.3) is 10.2 Å². The Morgan fingerprint density at radius 2 is 1.93 bits per heavy atom. The van der Waals surface area contributed by atoms with Crippen molar-refractivity contribution in [2.24, 2.45) is 4.99 Å². The molecule has 0 aliphatic rings. The number of amides is 1. The molecule has 2 aromatic carbocycles. The second-order valence-corrected chi connectivity index (χ2v) is 7.76. The molecule has 0 atom stereocenters. The van der Waals surface area contributed by atoms with Crippen LogP contribution >= 0.6 is 46.1 Å². The number of rotatable bonds is 5. The van der Waals surface area contributed by atoms with Crippen molar-refractivity contribution < 1.29 is 19.1 Å². The van der Waals surface area contributed by atoms with Gasteiger partial charge in [-0.2, -0.15) is 4.99 Å². The maximum absolute atomic E-state index is 12.3. The highest BCUT2D eigenvalue weighted by Crippen LogP contribution is 2.27. The van der Waals surface area contributed by atoms with Gasteiger partial charge in [-0.15, -0.1) is 0 Å². The summed E-state index contributed by atoms with van der Waals surface area (Å²) in [5.74, 6) is -0.721. The van der Waals surface area contributed by atoms with E-state index in [0.29, 0.717) is 26.1 Å². The number of benzene rings is 2. The molecule has 0 spiro atoms. The Morgan fingerprint density at radius 3 is 2.64 bits per heavy atom. The molecule has 3 aromatic rings. The van der Waals surface area contributed by atoms with Gasteiger partial charge in [0.1, 0.15) is 12.3 Å². The molecule has 10 heteroatoms. The van der Waals surface area contributed by atoms with Gasteiger partial charge < -0.3 is 14.0 Å². The number of hydrogen-bond donors (Lipinski definition) is 0. The largest absolute Gasteiger partial charge is 0.482 e. The standard InChI is InChI=1S/C18H13Cl3N2O4S/c1-26-16(25)8-23-17-11(20)3-2-4-14(17)28-18(23)22-15(24)9-27-13-6-5-10(19)7-12(13)21/h2-7H,8-9H2,1H3. The first-order chi connectivity index (χ1) is 13.4. The molecule has 0 saturated heterocycles. The van der Waals surface area contributed by atoms with Crippen molar-refractivity contribution >= 4 is 68.2 Å². The number of thiazole rings is 1. The Hall–Kier alpha value is -2.06. The van der Waals surface area contributed by atoms with Crippen LogP contribution in [0.2, 0.25) is 15.1 Å². The van der Waals surface area contributed by atoms with E-state index in [1.807, 2.05) is 6.07 Å². The molecule has 0 bridgehead atoms. The number of ether oxygens (including phenoxy) is 2. The molecular formula is C18H13Cl3N2O4S. The molecule has 0 aliphatic carbocycles. The van der Waals surface area contributed by atoms with Gasteiger partial charge >= 0.3 is 5.97 Å². The summed E-state index contributed by atoms with van der Waals surface area (Å²) >= 11 is 19.4. The Bertz CT molecular complexity index is 1120. The molecule has 0 radical (unpaired) electrons. The molecule has 1 aromatic heterocycles. The van der Waals surface area contributed by atoms with Crippen molar-refractivity contribution in [3.8, 4) is 5.75 Å². The van der Waals surface area contributed by atoms with Gasteiger partial charge in [0.2, 0.25) is 0 Å². The van der Waals surface area contributed by atoms with Crippen molar-refractivity contribution in [1.82, 2.24) is 4.57 Å². The molecule has 1 amide bonds. The molecule has 3 rings (SSSR count). The minimum absolute atomic E-state index is 0.129. The first kappa shape index (κ1) is 20.7. The van der Waals surface area contributed by atoms with E-state index in [1.165, 1.54) is 24.5 Å². The SMILES string of the molecule is COC(=O)Cn1c(=NC(=O)COc2ccc(Cl)cc2Cl)sc2cccc(Cl)c21. The van der Waals surface area contributed by atoms with Gasteiger partial charge in [0, 0.05) is 5.02 Å². The molecule has 0 fully saturated rings. The van der Waals surface area contributed by atoms with Crippen LogP contribution in [-0.4, -0.2) is 30.2 Å². The lowest BCUT2D eigenvalue weighted by Gasteiger charge is -2.06. The zero-order valence-electron chi connectivity index (χ0n) is 14.4. The van der Waals surface area contributed by atoms with Crippen molar-refractivity contribution in [1.29, 1.82) is 0 Å². The number of fused-ring (bicyclic) bond motifs is 1. The van der Waals surface area contributed by atoms with Crippen LogP contribution in [0.4, 0.5) is 0 Å². The van der Waals surface area contributed by atoms with Gasteiger partial charge in [-0.05, 0) is 30.3 Å². The summed E-state index contributed by atoms with van der Waals surface area (Å²) < 4.78 is 12.5. The fourth-order valence-corrected chi connectivity index (χ4v) is 4.25. The first-order valence-corrected chi connectivity index (χ1v) is 9.84. The zero-order chi connectivity index (χ0) is 20.3. The highest BCUT2D eigenvalue weighted by atomic mass is 35.5. The third kappa shape index (κ3) is 4.67. The number of nitrogens with zero attached hydrogens (tertiary/aromatic N) is 2. The van der Waals surface area contributed by atoms with E-state index in [0.717, 1.165) is 4.70 Å². The fourth-order valence-electron chi connectivity index (χ4n) is 2.38. The number of carbonyl (C=O) groups excluding carboxylic acids is 2. The summed E-state index contributed by atoms with van der Waals surface area (Å²) in [4.78, 5) is 28.5. The number of aromatic nitrogens is 1. The van der Waals surface area contributed by atoms with E-state index in [1.54, 1.807) is 28.8 Å². The van der Waals surface area contributed by atoms with Crippen LogP contribution in [0.1, 0.15) is 0 Å². The Kier molecular flexibility index (Phi) is 6.61. The Balaban J connectivity index is 1.91. The van der Waals surface area contributed by atoms with Gasteiger partial charge in [0.15, 0.2) is 11.4 Å². The van der Waals surface area contributed by atoms with Gasteiger partial charge in [-0.1, -0.05) is 52.2 Å². The minimum Gasteiger partial charge on any atom is -0.482 e.